The average Bonchev–Trinajstić information content (AvgIpc) is 2.65. The van der Waals surface area contributed by atoms with E-state index < -0.39 is 73.5 Å². The Morgan fingerprint density at radius 1 is 0.724 bits per heavy atom. The predicted molar refractivity (Wildman–Crippen MR) is 94.5 cm³/mol. The van der Waals surface area contributed by atoms with Gasteiger partial charge in [-0.05, 0) is 0 Å². The molecule has 0 aliphatic rings. The van der Waals surface area contributed by atoms with Crippen molar-refractivity contribution < 1.29 is 38.7 Å². The van der Waals surface area contributed by atoms with Crippen molar-refractivity contribution in [3.05, 3.63) is 0 Å². The van der Waals surface area contributed by atoms with E-state index in [1.165, 1.54) is 0 Å². The van der Waals surface area contributed by atoms with E-state index >= 15 is 0 Å². The predicted octanol–water partition coefficient (Wildman–Crippen LogP) is -6.15. The fourth-order valence-electron chi connectivity index (χ4n) is 1.68. The number of rotatable bonds is 13. The lowest BCUT2D eigenvalue weighted by Gasteiger charge is -2.16. The van der Waals surface area contributed by atoms with E-state index in [1.54, 1.807) is 0 Å². The van der Waals surface area contributed by atoms with Gasteiger partial charge >= 0.3 is 5.97 Å². The molecule has 6 amide bonds. The van der Waals surface area contributed by atoms with Crippen LogP contribution in [0.15, 0.2) is 0 Å². The van der Waals surface area contributed by atoms with Gasteiger partial charge in [0.05, 0.1) is 32.6 Å². The topological polar surface area (TPSA) is 252 Å². The Morgan fingerprint density at radius 3 is 1.66 bits per heavy atom. The fourth-order valence-corrected chi connectivity index (χ4v) is 1.68. The molecular weight excluding hydrogens is 394 g/mol. The standard InChI is InChI=1S/C14H23N7O8/c15-2-9(23)17-3-10(24)18-4-11(25)19-5-12(26)21-7(1-8(16)22)14(29)20-6-13(27)28/h7H,1-6,15H2,(H2,16,22)(H,17,23)(H,18,24)(H,19,25)(H,20,29)(H,21,26)(H,27,28)/t7-/m0/s1. The summed E-state index contributed by atoms with van der Waals surface area (Å²) in [5.74, 6) is -6.04. The molecule has 0 saturated heterocycles. The highest BCUT2D eigenvalue weighted by Gasteiger charge is 2.23. The van der Waals surface area contributed by atoms with Crippen LogP contribution in [0.3, 0.4) is 0 Å². The number of carboxylic acids is 1. The van der Waals surface area contributed by atoms with Crippen LogP contribution in [0.1, 0.15) is 6.42 Å². The monoisotopic (exact) mass is 417 g/mol. The molecule has 0 bridgehead atoms. The van der Waals surface area contributed by atoms with Crippen molar-refractivity contribution in [3.8, 4) is 0 Å². The zero-order valence-electron chi connectivity index (χ0n) is 15.3. The summed E-state index contributed by atoms with van der Waals surface area (Å²) in [6.45, 7) is -2.50. The number of hydrogen-bond acceptors (Lipinski definition) is 8. The van der Waals surface area contributed by atoms with Crippen molar-refractivity contribution in [1.29, 1.82) is 0 Å². The van der Waals surface area contributed by atoms with Gasteiger partial charge in [0.1, 0.15) is 12.6 Å². The van der Waals surface area contributed by atoms with Gasteiger partial charge in [0.15, 0.2) is 0 Å². The summed E-state index contributed by atoms with van der Waals surface area (Å²) in [4.78, 5) is 78.9. The van der Waals surface area contributed by atoms with Crippen molar-refractivity contribution in [1.82, 2.24) is 26.6 Å². The molecule has 0 spiro atoms. The molecule has 0 rings (SSSR count). The van der Waals surface area contributed by atoms with Gasteiger partial charge in [-0.15, -0.1) is 0 Å². The minimum absolute atomic E-state index is 0.298. The highest BCUT2D eigenvalue weighted by Crippen LogP contribution is 1.92. The van der Waals surface area contributed by atoms with Crippen LogP contribution in [-0.4, -0.2) is 85.3 Å². The van der Waals surface area contributed by atoms with E-state index in [0.29, 0.717) is 0 Å². The highest BCUT2D eigenvalue weighted by atomic mass is 16.4. The number of nitrogens with two attached hydrogens (primary N) is 2. The number of carbonyl (C=O) groups excluding carboxylic acids is 6. The number of carbonyl (C=O) groups is 7. The fraction of sp³-hybridized carbons (Fsp3) is 0.500. The smallest absolute Gasteiger partial charge is 0.322 e. The third kappa shape index (κ3) is 13.1. The number of primary amides is 1. The normalized spacial score (nSPS) is 10.8. The molecule has 162 valence electrons. The summed E-state index contributed by atoms with van der Waals surface area (Å²) >= 11 is 0. The van der Waals surface area contributed by atoms with E-state index in [0.717, 1.165) is 0 Å². The van der Waals surface area contributed by atoms with Crippen LogP contribution in [0.25, 0.3) is 0 Å². The zero-order chi connectivity index (χ0) is 22.4. The Balaban J connectivity index is 4.36. The van der Waals surface area contributed by atoms with Gasteiger partial charge in [0.25, 0.3) is 0 Å². The molecule has 10 N–H and O–H groups in total. The zero-order valence-corrected chi connectivity index (χ0v) is 15.3. The van der Waals surface area contributed by atoms with Crippen molar-refractivity contribution in [2.24, 2.45) is 11.5 Å². The quantitative estimate of drug-likeness (QED) is 0.142. The molecule has 0 radical (unpaired) electrons. The lowest BCUT2D eigenvalue weighted by atomic mass is 10.2. The second-order valence-corrected chi connectivity index (χ2v) is 5.44. The van der Waals surface area contributed by atoms with Gasteiger partial charge in [0, 0.05) is 0 Å². The van der Waals surface area contributed by atoms with Crippen molar-refractivity contribution in [2.45, 2.75) is 12.5 Å². The van der Waals surface area contributed by atoms with Crippen LogP contribution in [0.5, 0.6) is 0 Å². The first kappa shape index (κ1) is 25.2. The largest absolute Gasteiger partial charge is 0.480 e. The van der Waals surface area contributed by atoms with Crippen LogP contribution in [0.4, 0.5) is 0 Å². The molecular formula is C14H23N7O8. The summed E-state index contributed by atoms with van der Waals surface area (Å²) in [6.07, 6.45) is -0.588. The second kappa shape index (κ2) is 13.4. The molecule has 1 atom stereocenters. The number of aliphatic carboxylic acids is 1. The van der Waals surface area contributed by atoms with Crippen molar-refractivity contribution in [2.75, 3.05) is 32.7 Å². The van der Waals surface area contributed by atoms with Gasteiger partial charge in [-0.3, -0.25) is 33.6 Å². The third-order valence-electron chi connectivity index (χ3n) is 2.99. The lowest BCUT2D eigenvalue weighted by Crippen LogP contribution is -2.52. The first-order chi connectivity index (χ1) is 13.5. The molecule has 15 nitrogen and oxygen atoms in total. The summed E-state index contributed by atoms with van der Waals surface area (Å²) < 4.78 is 0. The van der Waals surface area contributed by atoms with Crippen molar-refractivity contribution in [3.63, 3.8) is 0 Å². The van der Waals surface area contributed by atoms with Crippen LogP contribution in [0.2, 0.25) is 0 Å². The summed E-state index contributed by atoms with van der Waals surface area (Å²) in [5, 5.41) is 19.1. The highest BCUT2D eigenvalue weighted by molar-refractivity contribution is 5.94. The van der Waals surface area contributed by atoms with Crippen LogP contribution >= 0.6 is 0 Å². The average molecular weight is 417 g/mol. The Bertz CT molecular complexity index is 666. The van der Waals surface area contributed by atoms with Gasteiger partial charge in [-0.2, -0.15) is 0 Å². The van der Waals surface area contributed by atoms with E-state index in [2.05, 4.69) is 21.3 Å². The molecule has 0 aromatic carbocycles. The minimum atomic E-state index is -1.43. The molecule has 0 heterocycles. The first-order valence-corrected chi connectivity index (χ1v) is 8.12. The molecule has 0 aromatic heterocycles. The third-order valence-corrected chi connectivity index (χ3v) is 2.99. The second-order valence-electron chi connectivity index (χ2n) is 5.44. The number of amides is 6. The maximum atomic E-state index is 11.8. The molecule has 0 unspecified atom stereocenters. The van der Waals surface area contributed by atoms with Crippen LogP contribution in [0, 0.1) is 0 Å². The maximum absolute atomic E-state index is 11.8. The maximum Gasteiger partial charge on any atom is 0.322 e. The molecule has 0 aliphatic carbocycles. The minimum Gasteiger partial charge on any atom is -0.480 e. The first-order valence-electron chi connectivity index (χ1n) is 8.12. The molecule has 0 saturated carbocycles. The Labute approximate surface area is 164 Å². The summed E-state index contributed by atoms with van der Waals surface area (Å²) in [5.41, 5.74) is 10.0. The Kier molecular flexibility index (Phi) is 11.7. The summed E-state index contributed by atoms with van der Waals surface area (Å²) in [7, 11) is 0. The SMILES string of the molecule is NCC(=O)NCC(=O)NCC(=O)NCC(=O)N[C@@H](CC(N)=O)C(=O)NCC(=O)O. The van der Waals surface area contributed by atoms with Crippen molar-refractivity contribution >= 4 is 41.4 Å². The Hall–Kier alpha value is -3.75. The van der Waals surface area contributed by atoms with E-state index in [1.807, 2.05) is 5.32 Å². The van der Waals surface area contributed by atoms with Crippen LogP contribution in [-0.2, 0) is 33.6 Å². The molecule has 15 heteroatoms. The number of carboxylic acid groups (broad SMARTS) is 1. The summed E-state index contributed by atoms with van der Waals surface area (Å²) in [6, 6.07) is -1.43. The van der Waals surface area contributed by atoms with E-state index in [4.69, 9.17) is 16.6 Å². The molecule has 0 aromatic rings. The van der Waals surface area contributed by atoms with Gasteiger partial charge in [-0.25, -0.2) is 0 Å². The van der Waals surface area contributed by atoms with Gasteiger partial charge < -0.3 is 43.2 Å². The number of hydrogen-bond donors (Lipinski definition) is 8. The van der Waals surface area contributed by atoms with E-state index in [-0.39, 0.29) is 13.1 Å². The molecule has 0 fully saturated rings. The van der Waals surface area contributed by atoms with Gasteiger partial charge in [0.2, 0.25) is 35.4 Å². The van der Waals surface area contributed by atoms with Gasteiger partial charge in [-0.1, -0.05) is 0 Å². The molecule has 29 heavy (non-hydrogen) atoms. The Morgan fingerprint density at radius 2 is 1.21 bits per heavy atom. The molecule has 0 aliphatic heterocycles. The van der Waals surface area contributed by atoms with Crippen LogP contribution < -0.4 is 38.1 Å². The van der Waals surface area contributed by atoms with E-state index in [9.17, 15) is 33.6 Å². The lowest BCUT2D eigenvalue weighted by molar-refractivity contribution is -0.138. The number of nitrogens with one attached hydrogen (secondary N) is 5.